The van der Waals surface area contributed by atoms with Gasteiger partial charge in [-0.25, -0.2) is 4.98 Å². The van der Waals surface area contributed by atoms with Gasteiger partial charge in [0.2, 0.25) is 11.9 Å². The average molecular weight is 486 g/mol. The first-order valence-electron chi connectivity index (χ1n) is 11.0. The van der Waals surface area contributed by atoms with E-state index in [-0.39, 0.29) is 28.3 Å². The molecule has 1 aliphatic carbocycles. The van der Waals surface area contributed by atoms with E-state index in [0.29, 0.717) is 27.7 Å². The van der Waals surface area contributed by atoms with Crippen LogP contribution in [-0.2, 0) is 14.8 Å². The van der Waals surface area contributed by atoms with E-state index in [1.54, 1.807) is 54.7 Å². The van der Waals surface area contributed by atoms with Crippen LogP contribution in [-0.4, -0.2) is 38.5 Å². The number of para-hydroxylation sites is 1. The second kappa shape index (κ2) is 8.13. The Morgan fingerprint density at radius 2 is 1.69 bits per heavy atom. The maximum absolute atomic E-state index is 13.5. The van der Waals surface area contributed by atoms with Crippen LogP contribution in [0.1, 0.15) is 12.8 Å². The van der Waals surface area contributed by atoms with Crippen molar-refractivity contribution in [3.05, 3.63) is 73.2 Å². The predicted molar refractivity (Wildman–Crippen MR) is 131 cm³/mol. The summed E-state index contributed by atoms with van der Waals surface area (Å²) < 4.78 is 27.9. The van der Waals surface area contributed by atoms with Crippen LogP contribution < -0.4 is 10.6 Å². The quantitative estimate of drug-likeness (QED) is 0.372. The van der Waals surface area contributed by atoms with Gasteiger partial charge in [0, 0.05) is 35.1 Å². The molecule has 11 heteroatoms. The van der Waals surface area contributed by atoms with Crippen molar-refractivity contribution in [1.82, 2.24) is 24.1 Å². The maximum Gasteiger partial charge on any atom is 0.287 e. The molecule has 0 spiro atoms. The molecule has 0 aliphatic heterocycles. The number of nitrogens with zero attached hydrogens (tertiary/aromatic N) is 5. The zero-order valence-electron chi connectivity index (χ0n) is 18.3. The molecule has 174 valence electrons. The lowest BCUT2D eigenvalue weighted by atomic mass is 10.2. The number of rotatable bonds is 6. The number of anilines is 3. The summed E-state index contributed by atoms with van der Waals surface area (Å²) in [5.74, 6) is 0.370. The van der Waals surface area contributed by atoms with E-state index in [0.717, 1.165) is 16.9 Å². The number of hydrogen-bond acceptors (Lipinski definition) is 8. The molecule has 1 aliphatic rings. The smallest absolute Gasteiger partial charge is 0.287 e. The summed E-state index contributed by atoms with van der Waals surface area (Å²) in [7, 11) is -4.07. The molecule has 6 rings (SSSR count). The van der Waals surface area contributed by atoms with E-state index in [4.69, 9.17) is 0 Å². The third-order valence-electron chi connectivity index (χ3n) is 5.74. The Bertz CT molecular complexity index is 1690. The number of carbonyl (C=O) groups excluding carboxylic acids is 1. The van der Waals surface area contributed by atoms with Crippen LogP contribution in [0.5, 0.6) is 0 Å². The Morgan fingerprint density at radius 3 is 2.49 bits per heavy atom. The van der Waals surface area contributed by atoms with Crippen LogP contribution >= 0.6 is 0 Å². The Morgan fingerprint density at radius 1 is 0.914 bits per heavy atom. The fourth-order valence-corrected chi connectivity index (χ4v) is 5.16. The van der Waals surface area contributed by atoms with Gasteiger partial charge in [-0.3, -0.25) is 9.78 Å². The second-order valence-electron chi connectivity index (χ2n) is 8.26. The van der Waals surface area contributed by atoms with Crippen LogP contribution in [0.15, 0.2) is 78.1 Å². The van der Waals surface area contributed by atoms with Crippen molar-refractivity contribution in [3.63, 3.8) is 0 Å². The van der Waals surface area contributed by atoms with E-state index >= 15 is 0 Å². The Labute approximate surface area is 200 Å². The molecule has 35 heavy (non-hydrogen) atoms. The highest BCUT2D eigenvalue weighted by Crippen LogP contribution is 2.30. The zero-order valence-corrected chi connectivity index (χ0v) is 19.1. The number of benzene rings is 2. The molecule has 2 aromatic carbocycles. The monoisotopic (exact) mass is 485 g/mol. The summed E-state index contributed by atoms with van der Waals surface area (Å²) in [5, 5.41) is 11.2. The van der Waals surface area contributed by atoms with Crippen LogP contribution in [0.2, 0.25) is 0 Å². The zero-order chi connectivity index (χ0) is 24.0. The molecule has 0 saturated heterocycles. The normalized spacial score (nSPS) is 13.7. The van der Waals surface area contributed by atoms with Crippen molar-refractivity contribution in [2.24, 2.45) is 5.92 Å². The third kappa shape index (κ3) is 3.95. The molecule has 1 saturated carbocycles. The van der Waals surface area contributed by atoms with Crippen LogP contribution in [0.3, 0.4) is 0 Å². The summed E-state index contributed by atoms with van der Waals surface area (Å²) >= 11 is 0. The molecular formula is C24H19N7O3S. The predicted octanol–water partition coefficient (Wildman–Crippen LogP) is 3.70. The molecule has 2 N–H and O–H groups in total. The van der Waals surface area contributed by atoms with Gasteiger partial charge in [0.15, 0.2) is 5.65 Å². The molecule has 3 heterocycles. The standard InChI is InChI=1S/C24H19N7O3S/c32-23(16-6-7-16)28-18-8-10-19(11-9-18)29-24-26-13-17-14-27-31(22(17)30-24)35(33,34)20-5-1-3-15-4-2-12-25-21(15)20/h1-5,8-14,16H,6-7H2,(H,28,32)(H,26,29,30). The van der Waals surface area contributed by atoms with Crippen LogP contribution in [0.4, 0.5) is 17.3 Å². The summed E-state index contributed by atoms with van der Waals surface area (Å²) in [4.78, 5) is 24.9. The van der Waals surface area contributed by atoms with Crippen molar-refractivity contribution in [3.8, 4) is 0 Å². The van der Waals surface area contributed by atoms with Gasteiger partial charge in [-0.2, -0.15) is 18.5 Å². The van der Waals surface area contributed by atoms with Gasteiger partial charge in [-0.15, -0.1) is 4.09 Å². The van der Waals surface area contributed by atoms with Crippen molar-refractivity contribution >= 4 is 55.2 Å². The minimum Gasteiger partial charge on any atom is -0.326 e. The number of amides is 1. The molecule has 0 bridgehead atoms. The first-order chi connectivity index (χ1) is 17.0. The molecule has 0 radical (unpaired) electrons. The van der Waals surface area contributed by atoms with Crippen molar-refractivity contribution < 1.29 is 13.2 Å². The molecule has 1 amide bonds. The van der Waals surface area contributed by atoms with Crippen molar-refractivity contribution in [2.75, 3.05) is 10.6 Å². The molecule has 1 fully saturated rings. The number of aromatic nitrogens is 5. The fraction of sp³-hybridized carbons (Fsp3) is 0.125. The van der Waals surface area contributed by atoms with E-state index < -0.39 is 10.0 Å². The van der Waals surface area contributed by atoms with Gasteiger partial charge in [0.05, 0.1) is 17.1 Å². The number of pyridine rings is 1. The van der Waals surface area contributed by atoms with E-state index in [1.807, 2.05) is 0 Å². The van der Waals surface area contributed by atoms with Crippen LogP contribution in [0.25, 0.3) is 21.9 Å². The largest absolute Gasteiger partial charge is 0.326 e. The minimum absolute atomic E-state index is 0.0374. The SMILES string of the molecule is O=C(Nc1ccc(Nc2ncc3cnn(S(=O)(=O)c4cccc5cccnc45)c3n2)cc1)C1CC1. The minimum atomic E-state index is -4.07. The molecule has 0 atom stereocenters. The lowest BCUT2D eigenvalue weighted by molar-refractivity contribution is -0.117. The number of hydrogen-bond donors (Lipinski definition) is 2. The number of carbonyl (C=O) groups is 1. The van der Waals surface area contributed by atoms with Gasteiger partial charge in [0.25, 0.3) is 10.0 Å². The van der Waals surface area contributed by atoms with Crippen molar-refractivity contribution in [2.45, 2.75) is 17.7 Å². The second-order valence-corrected chi connectivity index (χ2v) is 10.00. The summed E-state index contributed by atoms with van der Waals surface area (Å²) in [6.45, 7) is 0. The number of fused-ring (bicyclic) bond motifs is 2. The molecule has 5 aromatic rings. The molecular weight excluding hydrogens is 466 g/mol. The van der Waals surface area contributed by atoms with E-state index in [9.17, 15) is 13.2 Å². The average Bonchev–Trinajstić information content (AvgIpc) is 3.64. The Hall–Kier alpha value is -4.38. The van der Waals surface area contributed by atoms with Gasteiger partial charge in [-0.1, -0.05) is 18.2 Å². The van der Waals surface area contributed by atoms with Crippen LogP contribution in [0, 0.1) is 5.92 Å². The third-order valence-corrected chi connectivity index (χ3v) is 7.34. The first-order valence-corrected chi connectivity index (χ1v) is 12.4. The summed E-state index contributed by atoms with van der Waals surface area (Å²) in [6, 6.07) is 15.7. The molecule has 0 unspecified atom stereocenters. The molecule has 3 aromatic heterocycles. The topological polar surface area (TPSA) is 132 Å². The fourth-order valence-electron chi connectivity index (χ4n) is 3.77. The van der Waals surface area contributed by atoms with Gasteiger partial charge < -0.3 is 10.6 Å². The summed E-state index contributed by atoms with van der Waals surface area (Å²) in [6.07, 6.45) is 6.35. The number of nitrogens with one attached hydrogen (secondary N) is 2. The highest BCUT2D eigenvalue weighted by atomic mass is 32.2. The van der Waals surface area contributed by atoms with Gasteiger partial charge >= 0.3 is 0 Å². The van der Waals surface area contributed by atoms with E-state index in [1.165, 1.54) is 18.5 Å². The Kier molecular flexibility index (Phi) is 4.92. The summed E-state index contributed by atoms with van der Waals surface area (Å²) in [5.41, 5.74) is 1.89. The maximum atomic E-state index is 13.5. The van der Waals surface area contributed by atoms with Gasteiger partial charge in [0.1, 0.15) is 4.90 Å². The lowest BCUT2D eigenvalue weighted by Crippen LogP contribution is -2.16. The highest BCUT2D eigenvalue weighted by Gasteiger charge is 2.29. The Balaban J connectivity index is 1.31. The highest BCUT2D eigenvalue weighted by molar-refractivity contribution is 7.90. The van der Waals surface area contributed by atoms with E-state index in [2.05, 4.69) is 30.7 Å². The van der Waals surface area contributed by atoms with Crippen molar-refractivity contribution in [1.29, 1.82) is 0 Å². The lowest BCUT2D eigenvalue weighted by Gasteiger charge is -2.09. The van der Waals surface area contributed by atoms with Gasteiger partial charge in [-0.05, 0) is 49.2 Å². The first kappa shape index (κ1) is 21.2. The molecule has 10 nitrogen and oxygen atoms in total.